The van der Waals surface area contributed by atoms with Gasteiger partial charge in [-0.1, -0.05) is 55.3 Å². The lowest BCUT2D eigenvalue weighted by molar-refractivity contribution is -0.310. The van der Waals surface area contributed by atoms with Crippen molar-refractivity contribution in [1.29, 1.82) is 0 Å². The number of nitrogens with one attached hydrogen (secondary N) is 2. The predicted molar refractivity (Wildman–Crippen MR) is 203 cm³/mol. The highest BCUT2D eigenvalue weighted by Gasteiger charge is 2.72. The van der Waals surface area contributed by atoms with Crippen LogP contribution in [0.3, 0.4) is 0 Å². The largest absolute Gasteiger partial charge is 0.508 e. The maximum Gasteiger partial charge on any atom is 0.343 e. The van der Waals surface area contributed by atoms with Gasteiger partial charge in [0, 0.05) is 17.9 Å². The molecule has 2 saturated heterocycles. The van der Waals surface area contributed by atoms with Gasteiger partial charge in [0.1, 0.15) is 18.5 Å². The van der Waals surface area contributed by atoms with Crippen LogP contribution in [0, 0.1) is 17.8 Å². The third kappa shape index (κ3) is 5.53. The molecule has 1 aromatic heterocycles. The number of benzene rings is 4. The number of aromatic nitrogens is 1. The number of carbonyl (C=O) groups is 1. The van der Waals surface area contributed by atoms with Gasteiger partial charge in [-0.2, -0.15) is 0 Å². The van der Waals surface area contributed by atoms with E-state index in [-0.39, 0.29) is 35.4 Å². The Morgan fingerprint density at radius 3 is 2.40 bits per heavy atom. The molecule has 2 aliphatic heterocycles. The summed E-state index contributed by atoms with van der Waals surface area (Å²) in [5.41, 5.74) is -0.889. The second-order valence-corrected chi connectivity index (χ2v) is 16.3. The van der Waals surface area contributed by atoms with Gasteiger partial charge in [-0.3, -0.25) is 0 Å². The van der Waals surface area contributed by atoms with E-state index in [2.05, 4.69) is 10.3 Å². The molecule has 3 heterocycles. The zero-order chi connectivity index (χ0) is 38.3. The number of hydrogen-bond donors (Lipinski definition) is 8. The molecule has 55 heavy (non-hydrogen) atoms. The fourth-order valence-corrected chi connectivity index (χ4v) is 10.9. The summed E-state index contributed by atoms with van der Waals surface area (Å²) in [6, 6.07) is 22.9. The second kappa shape index (κ2) is 13.5. The van der Waals surface area contributed by atoms with E-state index in [9.17, 15) is 35.4 Å². The predicted octanol–water partition coefficient (Wildman–Crippen LogP) is 3.89. The van der Waals surface area contributed by atoms with Crippen molar-refractivity contribution in [2.24, 2.45) is 17.8 Å². The smallest absolute Gasteiger partial charge is 0.343 e. The standard InChI is InChI=1S/C43H48N2O10/c1-44-20-27-17-26-19-42(51)39(53-36(26)34(35(27)49)41(14-4-5-15-41)28-9-11-29(48)12-10-28)38(55-43(42,52)22-47)40(50)54-37-32(21-46)45-31-13-8-25-16-23-6-2-3-7-24(23)18-30(25)33(31)37/h2-3,6-13,16,18,26-27,34-36,38-39,44-49,51-52H,4-5,14-15,17,19-22H2,1H3. The van der Waals surface area contributed by atoms with Crippen molar-refractivity contribution in [1.82, 2.24) is 10.3 Å². The van der Waals surface area contributed by atoms with Gasteiger partial charge in [0.2, 0.25) is 5.79 Å². The van der Waals surface area contributed by atoms with Crippen LogP contribution in [0.4, 0.5) is 0 Å². The Balaban J connectivity index is 1.12. The molecule has 5 aromatic rings. The number of aromatic amines is 1. The number of aromatic hydroxyl groups is 1. The number of hydrogen-bond acceptors (Lipinski definition) is 11. The van der Waals surface area contributed by atoms with Crippen LogP contribution in [-0.4, -0.2) is 97.6 Å². The number of H-pyrrole nitrogens is 1. The first kappa shape index (κ1) is 36.5. The summed E-state index contributed by atoms with van der Waals surface area (Å²) in [5.74, 6) is -4.39. The van der Waals surface area contributed by atoms with Gasteiger partial charge in [0.05, 0.1) is 35.4 Å². The molecule has 2 aliphatic carbocycles. The Hall–Kier alpha value is -4.11. The molecule has 2 saturated carbocycles. The summed E-state index contributed by atoms with van der Waals surface area (Å²) in [6.07, 6.45) is -0.869. The molecular formula is C43H48N2O10. The Morgan fingerprint density at radius 1 is 0.982 bits per heavy atom. The summed E-state index contributed by atoms with van der Waals surface area (Å²) in [7, 11) is 1.83. The maximum atomic E-state index is 14.5. The molecular weight excluding hydrogens is 704 g/mol. The summed E-state index contributed by atoms with van der Waals surface area (Å²) in [5, 5.41) is 75.2. The summed E-state index contributed by atoms with van der Waals surface area (Å²) < 4.78 is 19.0. The minimum absolute atomic E-state index is 0.0645. The molecule has 0 bridgehead atoms. The third-order valence-electron chi connectivity index (χ3n) is 13.4. The van der Waals surface area contributed by atoms with Crippen molar-refractivity contribution >= 4 is 38.4 Å². The molecule has 0 spiro atoms. The zero-order valence-electron chi connectivity index (χ0n) is 30.6. The number of aliphatic hydroxyl groups excluding tert-OH is 3. The Labute approximate surface area is 317 Å². The molecule has 9 atom stereocenters. The van der Waals surface area contributed by atoms with E-state index >= 15 is 0 Å². The average Bonchev–Trinajstić information content (AvgIpc) is 3.88. The van der Waals surface area contributed by atoms with E-state index < -0.39 is 66.3 Å². The molecule has 0 radical (unpaired) electrons. The second-order valence-electron chi connectivity index (χ2n) is 16.3. The molecule has 9 rings (SSSR count). The fraction of sp³-hybridized carbons (Fsp3) is 0.465. The number of rotatable bonds is 8. The van der Waals surface area contributed by atoms with Gasteiger partial charge >= 0.3 is 5.97 Å². The molecule has 9 unspecified atom stereocenters. The zero-order valence-corrected chi connectivity index (χ0v) is 30.6. The van der Waals surface area contributed by atoms with Crippen LogP contribution in [-0.2, 0) is 26.3 Å². The molecule has 0 amide bonds. The van der Waals surface area contributed by atoms with Gasteiger partial charge in [-0.05, 0) is 102 Å². The normalized spacial score (nSPS) is 32.9. The van der Waals surface area contributed by atoms with Gasteiger partial charge in [-0.15, -0.1) is 0 Å². The average molecular weight is 753 g/mol. The number of carbonyl (C=O) groups excluding carboxylic acids is 1. The topological polar surface area (TPSA) is 194 Å². The lowest BCUT2D eigenvalue weighted by Crippen LogP contribution is -2.69. The Morgan fingerprint density at radius 2 is 1.71 bits per heavy atom. The first-order valence-electron chi connectivity index (χ1n) is 19.3. The number of aliphatic hydroxyl groups is 5. The lowest BCUT2D eigenvalue weighted by Gasteiger charge is -2.57. The molecule has 12 nitrogen and oxygen atoms in total. The first-order chi connectivity index (χ1) is 26.5. The summed E-state index contributed by atoms with van der Waals surface area (Å²) in [4.78, 5) is 17.7. The lowest BCUT2D eigenvalue weighted by atomic mass is 9.55. The van der Waals surface area contributed by atoms with E-state index in [1.54, 1.807) is 12.1 Å². The van der Waals surface area contributed by atoms with E-state index in [0.717, 1.165) is 52.8 Å². The quantitative estimate of drug-likeness (QED) is 0.0847. The van der Waals surface area contributed by atoms with E-state index in [1.165, 1.54) is 0 Å². The monoisotopic (exact) mass is 752 g/mol. The first-order valence-corrected chi connectivity index (χ1v) is 19.3. The number of phenolic OH excluding ortho intramolecular Hbond substituents is 1. The van der Waals surface area contributed by atoms with Crippen molar-refractivity contribution in [2.75, 3.05) is 20.2 Å². The molecule has 8 N–H and O–H groups in total. The number of phenols is 1. The van der Waals surface area contributed by atoms with Crippen LogP contribution in [0.2, 0.25) is 0 Å². The van der Waals surface area contributed by atoms with E-state index in [0.29, 0.717) is 23.9 Å². The van der Waals surface area contributed by atoms with Crippen molar-refractivity contribution in [3.8, 4) is 11.5 Å². The van der Waals surface area contributed by atoms with Crippen LogP contribution in [0.25, 0.3) is 32.4 Å². The van der Waals surface area contributed by atoms with Crippen LogP contribution >= 0.6 is 0 Å². The Kier molecular flexibility index (Phi) is 8.98. The third-order valence-corrected chi connectivity index (χ3v) is 13.4. The number of ether oxygens (including phenoxy) is 3. The molecule has 4 aliphatic rings. The molecule has 4 fully saturated rings. The van der Waals surface area contributed by atoms with Gasteiger partial charge in [0.15, 0.2) is 17.5 Å². The minimum atomic E-state index is -2.57. The maximum absolute atomic E-state index is 14.5. The van der Waals surface area contributed by atoms with Crippen molar-refractivity contribution < 1.29 is 49.6 Å². The van der Waals surface area contributed by atoms with Crippen molar-refractivity contribution in [2.45, 2.75) is 86.4 Å². The molecule has 4 aromatic carbocycles. The summed E-state index contributed by atoms with van der Waals surface area (Å²) in [6.45, 7) is -0.980. The van der Waals surface area contributed by atoms with Crippen LogP contribution in [0.1, 0.15) is 49.8 Å². The van der Waals surface area contributed by atoms with Gasteiger partial charge < -0.3 is 55.2 Å². The van der Waals surface area contributed by atoms with Crippen LogP contribution in [0.15, 0.2) is 72.8 Å². The van der Waals surface area contributed by atoms with Crippen LogP contribution in [0.5, 0.6) is 11.5 Å². The van der Waals surface area contributed by atoms with Crippen LogP contribution < -0.4 is 10.1 Å². The SMILES string of the molecule is CNCC1CC2CC3(O)C(OC2C(C2(c4ccc(O)cc4)CCCC2)C1O)C(C(=O)Oc1c(CO)[nH]c2ccc4cc5ccccc5cc4c12)OC3(O)CO. The van der Waals surface area contributed by atoms with Gasteiger partial charge in [-0.25, -0.2) is 4.79 Å². The fourth-order valence-electron chi connectivity index (χ4n) is 10.9. The highest BCUT2D eigenvalue weighted by atomic mass is 16.7. The van der Waals surface area contributed by atoms with E-state index in [1.807, 2.05) is 67.7 Å². The Bertz CT molecular complexity index is 2250. The van der Waals surface area contributed by atoms with Crippen molar-refractivity contribution in [3.05, 3.63) is 84.1 Å². The molecule has 290 valence electrons. The minimum Gasteiger partial charge on any atom is -0.508 e. The summed E-state index contributed by atoms with van der Waals surface area (Å²) >= 11 is 0. The van der Waals surface area contributed by atoms with E-state index in [4.69, 9.17) is 14.2 Å². The number of esters is 1. The van der Waals surface area contributed by atoms with Gasteiger partial charge in [0.25, 0.3) is 0 Å². The number of fused-ring (bicyclic) bond motifs is 6. The molecule has 12 heteroatoms. The highest BCUT2D eigenvalue weighted by molar-refractivity contribution is 6.14. The van der Waals surface area contributed by atoms with Crippen molar-refractivity contribution in [3.63, 3.8) is 0 Å². The highest BCUT2D eigenvalue weighted by Crippen LogP contribution is 2.59.